The Hall–Kier alpha value is -0.400. The van der Waals surface area contributed by atoms with E-state index in [9.17, 15) is 8.42 Å². The lowest BCUT2D eigenvalue weighted by atomic mass is 9.89. The molecule has 1 aromatic rings. The fourth-order valence-corrected chi connectivity index (χ4v) is 4.85. The van der Waals surface area contributed by atoms with E-state index < -0.39 is 10.0 Å². The van der Waals surface area contributed by atoms with Crippen LogP contribution in [0.3, 0.4) is 0 Å². The number of hydrogen-bond donors (Lipinski definition) is 1. The third-order valence-corrected chi connectivity index (χ3v) is 6.64. The summed E-state index contributed by atoms with van der Waals surface area (Å²) >= 11 is 3.62. The van der Waals surface area contributed by atoms with E-state index in [1.54, 1.807) is 25.6 Å². The van der Waals surface area contributed by atoms with Gasteiger partial charge in [-0.25, -0.2) is 13.1 Å². The molecule has 5 nitrogen and oxygen atoms in total. The fourth-order valence-electron chi connectivity index (χ4n) is 2.77. The standard InChI is InChI=1S/C13H22BrN3O2S/c1-9-13(10(2)17(3)16-9)20(18,19)15-8-11-4-6-12(14)7-5-11/h11-12,15H,4-8H2,1-3H3. The first-order valence-corrected chi connectivity index (χ1v) is 9.35. The maximum atomic E-state index is 12.4. The minimum absolute atomic E-state index is 0.328. The summed E-state index contributed by atoms with van der Waals surface area (Å²) in [5.74, 6) is 0.441. The van der Waals surface area contributed by atoms with Crippen molar-refractivity contribution in [1.82, 2.24) is 14.5 Å². The van der Waals surface area contributed by atoms with Crippen LogP contribution in [0.15, 0.2) is 4.90 Å². The van der Waals surface area contributed by atoms with Gasteiger partial charge in [-0.3, -0.25) is 4.68 Å². The number of rotatable bonds is 4. The summed E-state index contributed by atoms with van der Waals surface area (Å²) < 4.78 is 29.2. The van der Waals surface area contributed by atoms with Gasteiger partial charge < -0.3 is 0 Å². The van der Waals surface area contributed by atoms with Crippen LogP contribution < -0.4 is 4.72 Å². The van der Waals surface area contributed by atoms with Crippen LogP contribution in [0.25, 0.3) is 0 Å². The normalized spacial score (nSPS) is 24.0. The van der Waals surface area contributed by atoms with Gasteiger partial charge in [-0.1, -0.05) is 15.9 Å². The fraction of sp³-hybridized carbons (Fsp3) is 0.769. The second kappa shape index (κ2) is 6.15. The van der Waals surface area contributed by atoms with Gasteiger partial charge in [-0.2, -0.15) is 5.10 Å². The third-order valence-electron chi connectivity index (χ3n) is 4.05. The lowest BCUT2D eigenvalue weighted by molar-refractivity contribution is 0.366. The Morgan fingerprint density at radius 1 is 1.30 bits per heavy atom. The van der Waals surface area contributed by atoms with E-state index in [1.807, 2.05) is 0 Å². The number of hydrogen-bond acceptors (Lipinski definition) is 3. The number of halogens is 1. The number of alkyl halides is 1. The predicted molar refractivity (Wildman–Crippen MR) is 82.5 cm³/mol. The van der Waals surface area contributed by atoms with Crippen LogP contribution in [0.1, 0.15) is 37.1 Å². The lowest BCUT2D eigenvalue weighted by Crippen LogP contribution is -2.32. The lowest BCUT2D eigenvalue weighted by Gasteiger charge is -2.25. The van der Waals surface area contributed by atoms with E-state index in [1.165, 1.54) is 0 Å². The molecule has 0 radical (unpaired) electrons. The van der Waals surface area contributed by atoms with E-state index in [-0.39, 0.29) is 0 Å². The maximum absolute atomic E-state index is 12.4. The maximum Gasteiger partial charge on any atom is 0.244 e. The van der Waals surface area contributed by atoms with Crippen molar-refractivity contribution in [3.05, 3.63) is 11.4 Å². The number of nitrogens with one attached hydrogen (secondary N) is 1. The van der Waals surface area contributed by atoms with Crippen molar-refractivity contribution in [2.75, 3.05) is 6.54 Å². The molecule has 0 atom stereocenters. The minimum Gasteiger partial charge on any atom is -0.271 e. The molecule has 1 aromatic heterocycles. The quantitative estimate of drug-likeness (QED) is 0.834. The SMILES string of the molecule is Cc1nn(C)c(C)c1S(=O)(=O)NCC1CCC(Br)CC1. The van der Waals surface area contributed by atoms with Crippen LogP contribution in [0.2, 0.25) is 0 Å². The molecular weight excluding hydrogens is 342 g/mol. The van der Waals surface area contributed by atoms with Gasteiger partial charge >= 0.3 is 0 Å². The van der Waals surface area contributed by atoms with Gasteiger partial charge in [0.25, 0.3) is 0 Å². The molecule has 1 N–H and O–H groups in total. The largest absolute Gasteiger partial charge is 0.271 e. The molecule has 2 rings (SSSR count). The van der Waals surface area contributed by atoms with Gasteiger partial charge in [0.1, 0.15) is 4.90 Å². The Morgan fingerprint density at radius 2 is 1.90 bits per heavy atom. The van der Waals surface area contributed by atoms with Crippen molar-refractivity contribution in [3.63, 3.8) is 0 Å². The second-order valence-electron chi connectivity index (χ2n) is 5.59. The zero-order valence-electron chi connectivity index (χ0n) is 12.2. The third kappa shape index (κ3) is 3.43. The van der Waals surface area contributed by atoms with E-state index in [2.05, 4.69) is 25.8 Å². The van der Waals surface area contributed by atoms with E-state index >= 15 is 0 Å². The summed E-state index contributed by atoms with van der Waals surface area (Å²) in [6.45, 7) is 4.04. The summed E-state index contributed by atoms with van der Waals surface area (Å²) in [7, 11) is -1.70. The Bertz CT molecular complexity index is 575. The summed E-state index contributed by atoms with van der Waals surface area (Å²) in [5.41, 5.74) is 1.24. The molecule has 0 amide bonds. The van der Waals surface area contributed by atoms with Gasteiger partial charge in [-0.15, -0.1) is 0 Å². The van der Waals surface area contributed by atoms with Crippen molar-refractivity contribution in [2.45, 2.75) is 49.3 Å². The average molecular weight is 364 g/mol. The Balaban J connectivity index is 2.04. The molecule has 0 spiro atoms. The number of aromatic nitrogens is 2. The van der Waals surface area contributed by atoms with Crippen LogP contribution in [0.4, 0.5) is 0 Å². The molecule has 1 fully saturated rings. The van der Waals surface area contributed by atoms with Gasteiger partial charge in [0, 0.05) is 18.4 Å². The number of sulfonamides is 1. The topological polar surface area (TPSA) is 64.0 Å². The van der Waals surface area contributed by atoms with Gasteiger partial charge in [-0.05, 0) is 45.4 Å². The molecule has 0 unspecified atom stereocenters. The van der Waals surface area contributed by atoms with Crippen molar-refractivity contribution >= 4 is 26.0 Å². The molecule has 20 heavy (non-hydrogen) atoms. The second-order valence-corrected chi connectivity index (χ2v) is 8.59. The highest BCUT2D eigenvalue weighted by atomic mass is 79.9. The van der Waals surface area contributed by atoms with Gasteiger partial charge in [0.2, 0.25) is 10.0 Å². The van der Waals surface area contributed by atoms with Gasteiger partial charge in [0.15, 0.2) is 0 Å². The van der Waals surface area contributed by atoms with E-state index in [0.717, 1.165) is 25.7 Å². The summed E-state index contributed by atoms with van der Waals surface area (Å²) in [6.07, 6.45) is 4.39. The molecule has 1 aliphatic carbocycles. The smallest absolute Gasteiger partial charge is 0.244 e. The number of nitrogens with zero attached hydrogens (tertiary/aromatic N) is 2. The summed E-state index contributed by atoms with van der Waals surface area (Å²) in [6, 6.07) is 0. The Kier molecular flexibility index (Phi) is 4.92. The molecule has 0 bridgehead atoms. The molecule has 1 aliphatic rings. The van der Waals surface area contributed by atoms with Crippen molar-refractivity contribution in [1.29, 1.82) is 0 Å². The van der Waals surface area contributed by atoms with Gasteiger partial charge in [0.05, 0.1) is 11.4 Å². The first-order chi connectivity index (χ1) is 9.31. The van der Waals surface area contributed by atoms with E-state index in [4.69, 9.17) is 0 Å². The molecule has 1 heterocycles. The molecule has 0 saturated heterocycles. The Labute approximate surface area is 129 Å². The highest BCUT2D eigenvalue weighted by molar-refractivity contribution is 9.09. The highest BCUT2D eigenvalue weighted by Gasteiger charge is 2.26. The number of aryl methyl sites for hydroxylation is 2. The van der Waals surface area contributed by atoms with Crippen LogP contribution in [0.5, 0.6) is 0 Å². The summed E-state index contributed by atoms with van der Waals surface area (Å²) in [4.78, 5) is 0.923. The monoisotopic (exact) mass is 363 g/mol. The molecule has 1 saturated carbocycles. The van der Waals surface area contributed by atoms with Crippen molar-refractivity contribution in [2.24, 2.45) is 13.0 Å². The van der Waals surface area contributed by atoms with Crippen LogP contribution >= 0.6 is 15.9 Å². The zero-order chi connectivity index (χ0) is 14.9. The van der Waals surface area contributed by atoms with Crippen molar-refractivity contribution < 1.29 is 8.42 Å². The van der Waals surface area contributed by atoms with Crippen LogP contribution in [-0.2, 0) is 17.1 Å². The van der Waals surface area contributed by atoms with E-state index in [0.29, 0.717) is 33.6 Å². The first-order valence-electron chi connectivity index (χ1n) is 6.95. The highest BCUT2D eigenvalue weighted by Crippen LogP contribution is 2.28. The summed E-state index contributed by atoms with van der Waals surface area (Å²) in [5, 5.41) is 4.17. The van der Waals surface area contributed by atoms with Crippen LogP contribution in [0, 0.1) is 19.8 Å². The molecule has 0 aromatic carbocycles. The Morgan fingerprint density at radius 3 is 2.40 bits per heavy atom. The minimum atomic E-state index is -3.46. The predicted octanol–water partition coefficient (Wildman–Crippen LogP) is 2.27. The average Bonchev–Trinajstić information content (AvgIpc) is 2.63. The molecule has 0 aliphatic heterocycles. The van der Waals surface area contributed by atoms with Crippen molar-refractivity contribution in [3.8, 4) is 0 Å². The molecular formula is C13H22BrN3O2S. The van der Waals surface area contributed by atoms with Crippen LogP contribution in [-0.4, -0.2) is 29.6 Å². The molecule has 114 valence electrons. The zero-order valence-corrected chi connectivity index (χ0v) is 14.6. The first kappa shape index (κ1) is 16.0. The molecule has 7 heteroatoms.